The molecule has 24 heavy (non-hydrogen) atoms. The summed E-state index contributed by atoms with van der Waals surface area (Å²) < 4.78 is 0.975. The van der Waals surface area contributed by atoms with Crippen molar-refractivity contribution in [3.05, 3.63) is 65.7 Å². The first-order valence-electron chi connectivity index (χ1n) is 7.88. The number of carbonyl (C=O) groups excluding carboxylic acids is 1. The zero-order valence-corrected chi connectivity index (χ0v) is 15.4. The van der Waals surface area contributed by atoms with E-state index < -0.39 is 0 Å². The van der Waals surface area contributed by atoms with Crippen LogP contribution in [0.15, 0.2) is 59.6 Å². The van der Waals surface area contributed by atoms with Gasteiger partial charge in [-0.05, 0) is 24.1 Å². The predicted octanol–water partition coefficient (Wildman–Crippen LogP) is 4.70. The Morgan fingerprint density at radius 3 is 2.71 bits per heavy atom. The van der Waals surface area contributed by atoms with Crippen LogP contribution < -0.4 is 0 Å². The number of hydrogen-bond donors (Lipinski definition) is 0. The number of benzene rings is 2. The second-order valence-electron chi connectivity index (χ2n) is 5.74. The van der Waals surface area contributed by atoms with E-state index in [-0.39, 0.29) is 11.2 Å². The van der Waals surface area contributed by atoms with Crippen LogP contribution in [0.5, 0.6) is 0 Å². The number of thioether (sulfide) groups is 2. The molecule has 1 amide bonds. The Morgan fingerprint density at radius 1 is 1.21 bits per heavy atom. The summed E-state index contributed by atoms with van der Waals surface area (Å²) in [6.45, 7) is 2.59. The first kappa shape index (κ1) is 17.1. The normalized spacial score (nSPS) is 14.5. The Kier molecular flexibility index (Phi) is 5.63. The molecule has 3 rings (SSSR count). The van der Waals surface area contributed by atoms with Crippen molar-refractivity contribution in [3.63, 3.8) is 0 Å². The Hall–Kier alpha value is -1.72. The first-order valence-corrected chi connectivity index (χ1v) is 9.75. The number of para-hydroxylation sites is 1. The lowest BCUT2D eigenvalue weighted by atomic mass is 10.2. The van der Waals surface area contributed by atoms with Gasteiger partial charge < -0.3 is 4.90 Å². The summed E-state index contributed by atoms with van der Waals surface area (Å²) in [7, 11) is 1.86. The number of aliphatic imine (C=N–C) groups is 1. The summed E-state index contributed by atoms with van der Waals surface area (Å²) in [5.74, 6) is 1.05. The van der Waals surface area contributed by atoms with Crippen molar-refractivity contribution in [2.24, 2.45) is 4.99 Å². The third-order valence-electron chi connectivity index (χ3n) is 3.82. The smallest absolute Gasteiger partial charge is 0.235 e. The van der Waals surface area contributed by atoms with E-state index in [4.69, 9.17) is 0 Å². The second-order valence-corrected chi connectivity index (χ2v) is 8.29. The molecular formula is C19H20N2OS2. The minimum atomic E-state index is -0.143. The van der Waals surface area contributed by atoms with E-state index in [1.165, 1.54) is 5.56 Å². The van der Waals surface area contributed by atoms with Gasteiger partial charge in [0.15, 0.2) is 0 Å². The van der Waals surface area contributed by atoms with Gasteiger partial charge in [-0.25, -0.2) is 4.99 Å². The Labute approximate surface area is 151 Å². The summed E-state index contributed by atoms with van der Waals surface area (Å²) in [5, 5.41) is -0.143. The third kappa shape index (κ3) is 4.22. The molecule has 1 aliphatic heterocycles. The lowest BCUT2D eigenvalue weighted by Gasteiger charge is -2.22. The number of nitrogens with zero attached hydrogens (tertiary/aromatic N) is 2. The minimum Gasteiger partial charge on any atom is -0.340 e. The molecule has 2 aromatic rings. The van der Waals surface area contributed by atoms with Gasteiger partial charge in [0.2, 0.25) is 5.91 Å². The number of carbonyl (C=O) groups is 1. The van der Waals surface area contributed by atoms with E-state index >= 15 is 0 Å². The van der Waals surface area contributed by atoms with Crippen LogP contribution in [0.1, 0.15) is 18.1 Å². The van der Waals surface area contributed by atoms with Gasteiger partial charge in [0.1, 0.15) is 4.38 Å². The van der Waals surface area contributed by atoms with Crippen LogP contribution in [0.3, 0.4) is 0 Å². The van der Waals surface area contributed by atoms with Crippen molar-refractivity contribution in [2.45, 2.75) is 24.5 Å². The summed E-state index contributed by atoms with van der Waals surface area (Å²) in [6, 6.07) is 18.2. The van der Waals surface area contributed by atoms with Gasteiger partial charge in [0, 0.05) is 19.3 Å². The predicted molar refractivity (Wildman–Crippen MR) is 105 cm³/mol. The maximum Gasteiger partial charge on any atom is 0.235 e. The quantitative estimate of drug-likeness (QED) is 0.796. The van der Waals surface area contributed by atoms with E-state index in [1.54, 1.807) is 28.4 Å². The van der Waals surface area contributed by atoms with Crippen LogP contribution in [0.25, 0.3) is 0 Å². The lowest BCUT2D eigenvalue weighted by Crippen LogP contribution is -2.33. The van der Waals surface area contributed by atoms with E-state index in [0.717, 1.165) is 21.4 Å². The molecule has 0 spiro atoms. The summed E-state index contributed by atoms with van der Waals surface area (Å²) in [4.78, 5) is 19.1. The molecule has 0 saturated heterocycles. The molecule has 0 fully saturated rings. The minimum absolute atomic E-state index is 0.131. The zero-order valence-electron chi connectivity index (χ0n) is 13.8. The van der Waals surface area contributed by atoms with Crippen molar-refractivity contribution in [1.29, 1.82) is 0 Å². The topological polar surface area (TPSA) is 32.7 Å². The molecule has 1 atom stereocenters. The fraction of sp³-hybridized carbons (Fsp3) is 0.263. The molecule has 0 radical (unpaired) electrons. The molecule has 0 saturated carbocycles. The van der Waals surface area contributed by atoms with Crippen molar-refractivity contribution in [1.82, 2.24) is 4.90 Å². The number of hydrogen-bond acceptors (Lipinski definition) is 4. The SMILES string of the molecule is CC(SC1=Nc2ccccc2CS1)C(=O)N(C)Cc1ccccc1. The highest BCUT2D eigenvalue weighted by atomic mass is 32.2. The van der Waals surface area contributed by atoms with Gasteiger partial charge >= 0.3 is 0 Å². The summed E-state index contributed by atoms with van der Waals surface area (Å²) >= 11 is 3.26. The molecule has 0 bridgehead atoms. The summed E-state index contributed by atoms with van der Waals surface area (Å²) in [5.41, 5.74) is 3.42. The van der Waals surface area contributed by atoms with Gasteiger partial charge in [0.05, 0.1) is 10.9 Å². The maximum atomic E-state index is 12.6. The Bertz CT molecular complexity index is 746. The van der Waals surface area contributed by atoms with E-state index in [2.05, 4.69) is 11.1 Å². The highest BCUT2D eigenvalue weighted by molar-refractivity contribution is 8.39. The second kappa shape index (κ2) is 7.90. The average molecular weight is 357 g/mol. The van der Waals surface area contributed by atoms with Gasteiger partial charge in [0.25, 0.3) is 0 Å². The summed E-state index contributed by atoms with van der Waals surface area (Å²) in [6.07, 6.45) is 0. The maximum absolute atomic E-state index is 12.6. The number of rotatable bonds is 4. The largest absolute Gasteiger partial charge is 0.340 e. The van der Waals surface area contributed by atoms with Crippen molar-refractivity contribution >= 4 is 39.5 Å². The highest BCUT2D eigenvalue weighted by Crippen LogP contribution is 2.36. The van der Waals surface area contributed by atoms with Crippen LogP contribution in [-0.4, -0.2) is 27.5 Å². The Morgan fingerprint density at radius 2 is 1.92 bits per heavy atom. The first-order chi connectivity index (χ1) is 11.6. The molecule has 2 aromatic carbocycles. The Balaban J connectivity index is 1.61. The fourth-order valence-electron chi connectivity index (χ4n) is 2.52. The zero-order chi connectivity index (χ0) is 16.9. The van der Waals surface area contributed by atoms with Crippen molar-refractivity contribution in [3.8, 4) is 0 Å². The number of fused-ring (bicyclic) bond motifs is 1. The standard InChI is InChI=1S/C19H20N2OS2/c1-14(18(22)21(2)12-15-8-4-3-5-9-15)24-19-20-17-11-7-6-10-16(17)13-23-19/h3-11,14H,12-13H2,1-2H3. The monoisotopic (exact) mass is 356 g/mol. The van der Waals surface area contributed by atoms with Crippen LogP contribution in [0, 0.1) is 0 Å². The molecule has 124 valence electrons. The molecule has 0 aromatic heterocycles. The van der Waals surface area contributed by atoms with E-state index in [0.29, 0.717) is 6.54 Å². The van der Waals surface area contributed by atoms with Crippen LogP contribution in [-0.2, 0) is 17.1 Å². The van der Waals surface area contributed by atoms with E-state index in [9.17, 15) is 4.79 Å². The number of amides is 1. The molecule has 0 aliphatic carbocycles. The van der Waals surface area contributed by atoms with Crippen molar-refractivity contribution in [2.75, 3.05) is 7.05 Å². The van der Waals surface area contributed by atoms with Crippen LogP contribution in [0.2, 0.25) is 0 Å². The molecular weight excluding hydrogens is 336 g/mol. The molecule has 5 heteroatoms. The van der Waals surface area contributed by atoms with E-state index in [1.807, 2.05) is 62.5 Å². The molecule has 1 aliphatic rings. The van der Waals surface area contributed by atoms with Crippen molar-refractivity contribution < 1.29 is 4.79 Å². The molecule has 3 nitrogen and oxygen atoms in total. The molecule has 0 N–H and O–H groups in total. The van der Waals surface area contributed by atoms with Crippen LogP contribution >= 0.6 is 23.5 Å². The fourth-order valence-corrected chi connectivity index (χ4v) is 4.82. The molecule has 1 unspecified atom stereocenters. The third-order valence-corrected chi connectivity index (χ3v) is 6.10. The van der Waals surface area contributed by atoms with Gasteiger partial charge in [-0.3, -0.25) is 4.79 Å². The lowest BCUT2D eigenvalue weighted by molar-refractivity contribution is -0.129. The molecule has 1 heterocycles. The van der Waals surface area contributed by atoms with Gasteiger partial charge in [-0.1, -0.05) is 72.1 Å². The average Bonchev–Trinajstić information content (AvgIpc) is 2.61. The highest BCUT2D eigenvalue weighted by Gasteiger charge is 2.22. The van der Waals surface area contributed by atoms with Gasteiger partial charge in [-0.2, -0.15) is 0 Å². The van der Waals surface area contributed by atoms with Gasteiger partial charge in [-0.15, -0.1) is 0 Å². The van der Waals surface area contributed by atoms with Crippen LogP contribution in [0.4, 0.5) is 5.69 Å².